The monoisotopic (exact) mass is 147 g/mol. The van der Waals surface area contributed by atoms with E-state index in [-0.39, 0.29) is 0 Å². The van der Waals surface area contributed by atoms with Gasteiger partial charge in [0.25, 0.3) is 0 Å². The van der Waals surface area contributed by atoms with Crippen molar-refractivity contribution in [3.8, 4) is 0 Å². The minimum absolute atomic E-state index is 0.635. The van der Waals surface area contributed by atoms with Gasteiger partial charge in [0.1, 0.15) is 0 Å². The Hall–Kier alpha value is -0.820. The van der Waals surface area contributed by atoms with Crippen LogP contribution in [0.3, 0.4) is 0 Å². The van der Waals surface area contributed by atoms with Crippen LogP contribution in [0.4, 0.5) is 0 Å². The molecule has 1 saturated heterocycles. The summed E-state index contributed by atoms with van der Waals surface area (Å²) in [6.45, 7) is 3.30. The van der Waals surface area contributed by atoms with Crippen molar-refractivity contribution >= 4 is 0 Å². The molecule has 1 aromatic rings. The molecule has 0 bridgehead atoms. The highest BCUT2D eigenvalue weighted by Gasteiger charge is 2.17. The summed E-state index contributed by atoms with van der Waals surface area (Å²) in [5.74, 6) is 0. The van der Waals surface area contributed by atoms with Crippen LogP contribution in [-0.2, 0) is 0 Å². The van der Waals surface area contributed by atoms with E-state index in [4.69, 9.17) is 0 Å². The van der Waals surface area contributed by atoms with Crippen LogP contribution in [0, 0.1) is 6.92 Å². The Bertz CT molecular complexity index is 234. The van der Waals surface area contributed by atoms with E-state index in [1.807, 2.05) is 0 Å². The number of benzene rings is 1. The second kappa shape index (κ2) is 2.67. The molecule has 1 fully saturated rings. The molecule has 0 radical (unpaired) electrons. The number of hydrogen-bond acceptors (Lipinski definition) is 1. The summed E-state index contributed by atoms with van der Waals surface area (Å²) >= 11 is 0. The molecule has 1 unspecified atom stereocenters. The second-order valence-corrected chi connectivity index (χ2v) is 3.21. The van der Waals surface area contributed by atoms with E-state index in [2.05, 4.69) is 36.5 Å². The highest BCUT2D eigenvalue weighted by molar-refractivity contribution is 5.25. The van der Waals surface area contributed by atoms with Crippen molar-refractivity contribution in [2.45, 2.75) is 19.4 Å². The molecule has 0 aromatic heterocycles. The minimum Gasteiger partial charge on any atom is -0.310 e. The lowest BCUT2D eigenvalue weighted by Gasteiger charge is -2.27. The maximum Gasteiger partial charge on any atom is 0.0332 e. The van der Waals surface area contributed by atoms with Crippen molar-refractivity contribution in [1.82, 2.24) is 5.32 Å². The molecule has 1 nitrogen and oxygen atoms in total. The lowest BCUT2D eigenvalue weighted by molar-refractivity contribution is 0.383. The molecule has 2 rings (SSSR count). The van der Waals surface area contributed by atoms with E-state index in [0.29, 0.717) is 6.04 Å². The van der Waals surface area contributed by atoms with Crippen molar-refractivity contribution in [2.24, 2.45) is 0 Å². The van der Waals surface area contributed by atoms with Gasteiger partial charge in [-0.2, -0.15) is 0 Å². The fourth-order valence-corrected chi connectivity index (χ4v) is 1.37. The maximum absolute atomic E-state index is 3.38. The average Bonchev–Trinajstić information content (AvgIpc) is 1.90. The van der Waals surface area contributed by atoms with Gasteiger partial charge in [0.15, 0.2) is 0 Å². The molecule has 11 heavy (non-hydrogen) atoms. The van der Waals surface area contributed by atoms with Crippen LogP contribution in [0.5, 0.6) is 0 Å². The minimum atomic E-state index is 0.635. The Morgan fingerprint density at radius 2 is 1.91 bits per heavy atom. The molecule has 0 amide bonds. The van der Waals surface area contributed by atoms with Gasteiger partial charge in [-0.1, -0.05) is 29.8 Å². The number of nitrogens with one attached hydrogen (secondary N) is 1. The van der Waals surface area contributed by atoms with E-state index < -0.39 is 0 Å². The molecule has 0 spiro atoms. The first-order chi connectivity index (χ1) is 5.36. The maximum atomic E-state index is 3.38. The summed E-state index contributed by atoms with van der Waals surface area (Å²) in [7, 11) is 0. The normalized spacial score (nSPS) is 22.8. The number of aryl methyl sites for hydroxylation is 1. The molecular weight excluding hydrogens is 134 g/mol. The van der Waals surface area contributed by atoms with Gasteiger partial charge in [-0.3, -0.25) is 0 Å². The average molecular weight is 147 g/mol. The predicted molar refractivity (Wildman–Crippen MR) is 46.5 cm³/mol. The third kappa shape index (κ3) is 1.29. The van der Waals surface area contributed by atoms with E-state index in [1.54, 1.807) is 0 Å². The molecule has 58 valence electrons. The van der Waals surface area contributed by atoms with E-state index in [0.717, 1.165) is 0 Å². The van der Waals surface area contributed by atoms with Crippen molar-refractivity contribution < 1.29 is 0 Å². The van der Waals surface area contributed by atoms with Crippen LogP contribution in [0.1, 0.15) is 23.6 Å². The standard InChI is InChI=1S/C10H13N/c1-8-2-4-9(5-3-8)10-6-7-11-10/h2-5,10-11H,6-7H2,1H3. The van der Waals surface area contributed by atoms with Gasteiger partial charge in [-0.15, -0.1) is 0 Å². The Labute approximate surface area is 67.4 Å². The molecule has 1 aliphatic rings. The lowest BCUT2D eigenvalue weighted by atomic mass is 9.97. The second-order valence-electron chi connectivity index (χ2n) is 3.21. The molecule has 0 saturated carbocycles. The van der Waals surface area contributed by atoms with Gasteiger partial charge in [0.2, 0.25) is 0 Å². The third-order valence-corrected chi connectivity index (χ3v) is 2.30. The Morgan fingerprint density at radius 3 is 2.36 bits per heavy atom. The predicted octanol–water partition coefficient (Wildman–Crippen LogP) is 2.03. The van der Waals surface area contributed by atoms with E-state index in [9.17, 15) is 0 Å². The zero-order chi connectivity index (χ0) is 7.68. The molecule has 0 aliphatic carbocycles. The summed E-state index contributed by atoms with van der Waals surface area (Å²) in [5.41, 5.74) is 2.77. The highest BCUT2D eigenvalue weighted by Crippen LogP contribution is 2.22. The Morgan fingerprint density at radius 1 is 1.27 bits per heavy atom. The van der Waals surface area contributed by atoms with Gasteiger partial charge in [-0.25, -0.2) is 0 Å². The highest BCUT2D eigenvalue weighted by atomic mass is 15.0. The van der Waals surface area contributed by atoms with Crippen LogP contribution >= 0.6 is 0 Å². The molecule has 1 heterocycles. The topological polar surface area (TPSA) is 12.0 Å². The smallest absolute Gasteiger partial charge is 0.0332 e. The molecule has 1 heteroatoms. The first-order valence-corrected chi connectivity index (χ1v) is 4.16. The third-order valence-electron chi connectivity index (χ3n) is 2.30. The summed E-state index contributed by atoms with van der Waals surface area (Å²) in [4.78, 5) is 0. The van der Waals surface area contributed by atoms with Gasteiger partial charge in [0.05, 0.1) is 0 Å². The van der Waals surface area contributed by atoms with Crippen molar-refractivity contribution in [1.29, 1.82) is 0 Å². The van der Waals surface area contributed by atoms with Crippen molar-refractivity contribution in [2.75, 3.05) is 6.54 Å². The van der Waals surface area contributed by atoms with Crippen LogP contribution in [0.15, 0.2) is 24.3 Å². The van der Waals surface area contributed by atoms with Crippen LogP contribution in [-0.4, -0.2) is 6.54 Å². The van der Waals surface area contributed by atoms with Gasteiger partial charge in [-0.05, 0) is 25.5 Å². The zero-order valence-electron chi connectivity index (χ0n) is 6.80. The van der Waals surface area contributed by atoms with Gasteiger partial charge >= 0.3 is 0 Å². The summed E-state index contributed by atoms with van der Waals surface area (Å²) in [5, 5.41) is 3.38. The first kappa shape index (κ1) is 6.86. The molecule has 1 aliphatic heterocycles. The Kier molecular flexibility index (Phi) is 1.66. The lowest BCUT2D eigenvalue weighted by Crippen LogP contribution is -2.34. The SMILES string of the molecule is Cc1ccc(C2CCN2)cc1. The van der Waals surface area contributed by atoms with E-state index >= 15 is 0 Å². The molecular formula is C10H13N. The van der Waals surface area contributed by atoms with Gasteiger partial charge in [0, 0.05) is 6.04 Å². The molecule has 1 atom stereocenters. The fraction of sp³-hybridized carbons (Fsp3) is 0.400. The van der Waals surface area contributed by atoms with E-state index in [1.165, 1.54) is 24.1 Å². The van der Waals surface area contributed by atoms with Crippen LogP contribution < -0.4 is 5.32 Å². The van der Waals surface area contributed by atoms with Crippen molar-refractivity contribution in [3.05, 3.63) is 35.4 Å². The Balaban J connectivity index is 2.18. The number of rotatable bonds is 1. The zero-order valence-corrected chi connectivity index (χ0v) is 6.80. The quantitative estimate of drug-likeness (QED) is 0.641. The summed E-state index contributed by atoms with van der Waals surface area (Å²) in [6, 6.07) is 9.42. The molecule has 1 aromatic carbocycles. The first-order valence-electron chi connectivity index (χ1n) is 4.16. The fourth-order valence-electron chi connectivity index (χ4n) is 1.37. The summed E-state index contributed by atoms with van der Waals surface area (Å²) in [6.07, 6.45) is 1.29. The largest absolute Gasteiger partial charge is 0.310 e. The van der Waals surface area contributed by atoms with Crippen LogP contribution in [0.2, 0.25) is 0 Å². The number of hydrogen-bond donors (Lipinski definition) is 1. The van der Waals surface area contributed by atoms with Crippen LogP contribution in [0.25, 0.3) is 0 Å². The van der Waals surface area contributed by atoms with Gasteiger partial charge < -0.3 is 5.32 Å². The van der Waals surface area contributed by atoms with Crippen molar-refractivity contribution in [3.63, 3.8) is 0 Å². The summed E-state index contributed by atoms with van der Waals surface area (Å²) < 4.78 is 0. The molecule has 1 N–H and O–H groups in total.